The molecule has 0 amide bonds. The molecule has 0 aliphatic carbocycles. The van der Waals surface area contributed by atoms with Crippen molar-refractivity contribution in [3.63, 3.8) is 0 Å². The maximum Gasteiger partial charge on any atom is 0.184 e. The Bertz CT molecular complexity index is 584. The molecule has 104 valence electrons. The van der Waals surface area contributed by atoms with Crippen molar-refractivity contribution in [1.29, 1.82) is 0 Å². The van der Waals surface area contributed by atoms with Crippen LogP contribution in [0.25, 0.3) is 11.0 Å². The topological polar surface area (TPSA) is 17.8 Å². The first-order valence-electron chi connectivity index (χ1n) is 6.03. The summed E-state index contributed by atoms with van der Waals surface area (Å²) in [6.07, 6.45) is 2.87. The Morgan fingerprint density at radius 1 is 1.42 bits per heavy atom. The second-order valence-corrected chi connectivity index (χ2v) is 5.95. The molecule has 2 nitrogen and oxygen atoms in total. The van der Waals surface area contributed by atoms with Crippen LogP contribution in [0.5, 0.6) is 0 Å². The number of aryl methyl sites for hydroxylation is 1. The van der Waals surface area contributed by atoms with Gasteiger partial charge in [0.05, 0.1) is 10.9 Å². The average Bonchev–Trinajstić information content (AvgIpc) is 2.74. The van der Waals surface area contributed by atoms with Crippen LogP contribution in [0.4, 0.5) is 8.78 Å². The summed E-state index contributed by atoms with van der Waals surface area (Å²) in [5, 5.41) is -0.343. The Morgan fingerprint density at radius 3 is 2.79 bits per heavy atom. The van der Waals surface area contributed by atoms with Gasteiger partial charge in [-0.15, -0.1) is 11.6 Å². The van der Waals surface area contributed by atoms with E-state index in [1.54, 1.807) is 23.3 Å². The molecule has 0 saturated carbocycles. The van der Waals surface area contributed by atoms with Crippen molar-refractivity contribution in [3.8, 4) is 0 Å². The van der Waals surface area contributed by atoms with Crippen LogP contribution in [0.15, 0.2) is 12.1 Å². The zero-order chi connectivity index (χ0) is 14.0. The van der Waals surface area contributed by atoms with Crippen molar-refractivity contribution in [2.45, 2.75) is 25.3 Å². The third-order valence-electron chi connectivity index (χ3n) is 2.92. The fourth-order valence-electron chi connectivity index (χ4n) is 2.07. The summed E-state index contributed by atoms with van der Waals surface area (Å²) in [5.74, 6) is -0.167. The minimum Gasteiger partial charge on any atom is -0.324 e. The quantitative estimate of drug-likeness (QED) is 0.603. The second kappa shape index (κ2) is 6.09. The lowest BCUT2D eigenvalue weighted by atomic mass is 10.3. The maximum atomic E-state index is 14.0. The molecule has 1 unspecified atom stereocenters. The Labute approximate surface area is 120 Å². The number of nitrogens with zero attached hydrogens (tertiary/aromatic N) is 2. The number of hydrogen-bond acceptors (Lipinski definition) is 2. The molecule has 0 aliphatic rings. The van der Waals surface area contributed by atoms with Gasteiger partial charge in [0.2, 0.25) is 0 Å². The highest BCUT2D eigenvalue weighted by atomic mass is 35.5. The van der Waals surface area contributed by atoms with Gasteiger partial charge in [-0.3, -0.25) is 0 Å². The fourth-order valence-corrected chi connectivity index (χ4v) is 2.66. The first-order valence-corrected chi connectivity index (χ1v) is 7.86. The largest absolute Gasteiger partial charge is 0.324 e. The molecule has 2 aromatic rings. The standard InChI is InChI=1S/C13H15ClF2N2S/c1-8(14)13-17-10-5-4-9(15)11(16)12(10)18(13)6-3-7-19-2/h4-5,8H,3,6-7H2,1-2H3. The van der Waals surface area contributed by atoms with E-state index in [-0.39, 0.29) is 10.9 Å². The Kier molecular flexibility index (Phi) is 4.68. The summed E-state index contributed by atoms with van der Waals surface area (Å²) >= 11 is 7.80. The normalized spacial score (nSPS) is 13.1. The van der Waals surface area contributed by atoms with Crippen molar-refractivity contribution in [2.24, 2.45) is 0 Å². The van der Waals surface area contributed by atoms with Crippen LogP contribution in [0, 0.1) is 11.6 Å². The van der Waals surface area contributed by atoms with Crippen molar-refractivity contribution in [3.05, 3.63) is 29.6 Å². The van der Waals surface area contributed by atoms with Crippen LogP contribution >= 0.6 is 23.4 Å². The Hall–Kier alpha value is -0.810. The zero-order valence-electron chi connectivity index (χ0n) is 10.8. The van der Waals surface area contributed by atoms with Crippen LogP contribution in [0.1, 0.15) is 24.5 Å². The summed E-state index contributed by atoms with van der Waals surface area (Å²) in [6.45, 7) is 2.37. The van der Waals surface area contributed by atoms with E-state index in [9.17, 15) is 8.78 Å². The zero-order valence-corrected chi connectivity index (χ0v) is 12.4. The van der Waals surface area contributed by atoms with Gasteiger partial charge in [0.25, 0.3) is 0 Å². The molecular weight excluding hydrogens is 290 g/mol. The average molecular weight is 305 g/mol. The molecule has 1 aromatic heterocycles. The Morgan fingerprint density at radius 2 is 2.16 bits per heavy atom. The summed E-state index contributed by atoms with van der Waals surface area (Å²) < 4.78 is 29.0. The predicted octanol–water partition coefficient (Wildman–Crippen LogP) is 4.37. The number of aromatic nitrogens is 2. The molecule has 0 spiro atoms. The van der Waals surface area contributed by atoms with E-state index in [4.69, 9.17) is 11.6 Å². The lowest BCUT2D eigenvalue weighted by Gasteiger charge is -2.10. The van der Waals surface area contributed by atoms with Gasteiger partial charge < -0.3 is 4.57 Å². The molecule has 0 fully saturated rings. The molecule has 0 saturated heterocycles. The first kappa shape index (κ1) is 14.6. The van der Waals surface area contributed by atoms with Crippen molar-refractivity contribution < 1.29 is 8.78 Å². The molecule has 2 rings (SSSR count). The molecule has 0 radical (unpaired) electrons. The van der Waals surface area contributed by atoms with E-state index in [1.807, 2.05) is 6.26 Å². The van der Waals surface area contributed by atoms with E-state index in [0.717, 1.165) is 18.2 Å². The monoisotopic (exact) mass is 304 g/mol. The van der Waals surface area contributed by atoms with Gasteiger partial charge in [0.1, 0.15) is 11.3 Å². The van der Waals surface area contributed by atoms with Gasteiger partial charge in [-0.2, -0.15) is 11.8 Å². The van der Waals surface area contributed by atoms with Crippen LogP contribution in [-0.2, 0) is 6.54 Å². The lowest BCUT2D eigenvalue weighted by Crippen LogP contribution is -2.06. The maximum absolute atomic E-state index is 14.0. The number of hydrogen-bond donors (Lipinski definition) is 0. The van der Waals surface area contributed by atoms with Gasteiger partial charge >= 0.3 is 0 Å². The summed E-state index contributed by atoms with van der Waals surface area (Å²) in [6, 6.07) is 2.58. The van der Waals surface area contributed by atoms with Gasteiger partial charge in [-0.25, -0.2) is 13.8 Å². The highest BCUT2D eigenvalue weighted by molar-refractivity contribution is 7.98. The highest BCUT2D eigenvalue weighted by Crippen LogP contribution is 2.27. The van der Waals surface area contributed by atoms with Gasteiger partial charge in [0.15, 0.2) is 11.6 Å². The van der Waals surface area contributed by atoms with Gasteiger partial charge in [0, 0.05) is 6.54 Å². The van der Waals surface area contributed by atoms with Crippen molar-refractivity contribution in [1.82, 2.24) is 9.55 Å². The van der Waals surface area contributed by atoms with E-state index >= 15 is 0 Å². The van der Waals surface area contributed by atoms with E-state index < -0.39 is 11.6 Å². The molecular formula is C13H15ClF2N2S. The number of imidazole rings is 1. The number of thioether (sulfide) groups is 1. The summed E-state index contributed by atoms with van der Waals surface area (Å²) in [7, 11) is 0. The predicted molar refractivity (Wildman–Crippen MR) is 76.9 cm³/mol. The third kappa shape index (κ3) is 2.87. The number of fused-ring (bicyclic) bond motifs is 1. The second-order valence-electron chi connectivity index (χ2n) is 4.31. The molecule has 1 heterocycles. The SMILES string of the molecule is CSCCCn1c(C(C)Cl)nc2ccc(F)c(F)c21. The number of halogens is 3. The molecule has 0 bridgehead atoms. The van der Waals surface area contributed by atoms with Crippen molar-refractivity contribution >= 4 is 34.4 Å². The van der Waals surface area contributed by atoms with E-state index in [0.29, 0.717) is 17.9 Å². The van der Waals surface area contributed by atoms with Gasteiger partial charge in [-0.05, 0) is 37.5 Å². The summed E-state index contributed by atoms with van der Waals surface area (Å²) in [4.78, 5) is 4.31. The third-order valence-corrected chi connectivity index (χ3v) is 3.81. The van der Waals surface area contributed by atoms with Crippen LogP contribution < -0.4 is 0 Å². The number of alkyl halides is 1. The first-order chi connectivity index (χ1) is 9.06. The lowest BCUT2D eigenvalue weighted by molar-refractivity contribution is 0.509. The molecule has 19 heavy (non-hydrogen) atoms. The van der Waals surface area contributed by atoms with E-state index in [2.05, 4.69) is 4.98 Å². The minimum absolute atomic E-state index is 0.212. The Balaban J connectivity index is 2.54. The number of benzene rings is 1. The van der Waals surface area contributed by atoms with Crippen molar-refractivity contribution in [2.75, 3.05) is 12.0 Å². The smallest absolute Gasteiger partial charge is 0.184 e. The molecule has 1 aromatic carbocycles. The molecule has 6 heteroatoms. The summed E-state index contributed by atoms with van der Waals surface area (Å²) in [5.41, 5.74) is 0.661. The van der Waals surface area contributed by atoms with Gasteiger partial charge in [-0.1, -0.05) is 0 Å². The van der Waals surface area contributed by atoms with Crippen LogP contribution in [-0.4, -0.2) is 21.6 Å². The molecule has 0 N–H and O–H groups in total. The molecule has 0 aliphatic heterocycles. The fraction of sp³-hybridized carbons (Fsp3) is 0.462. The van der Waals surface area contributed by atoms with Crippen LogP contribution in [0.2, 0.25) is 0 Å². The molecule has 1 atom stereocenters. The minimum atomic E-state index is -0.854. The number of rotatable bonds is 5. The van der Waals surface area contributed by atoms with E-state index in [1.165, 1.54) is 6.07 Å². The van der Waals surface area contributed by atoms with Crippen LogP contribution in [0.3, 0.4) is 0 Å². The highest BCUT2D eigenvalue weighted by Gasteiger charge is 2.19.